The number of aromatic nitrogens is 2. The summed E-state index contributed by atoms with van der Waals surface area (Å²) in [4.78, 5) is 37.8. The number of aliphatic imine (C=N–C) groups is 3. The third-order valence-corrected chi connectivity index (χ3v) is 14.2. The van der Waals surface area contributed by atoms with Gasteiger partial charge in [0.2, 0.25) is 0 Å². The van der Waals surface area contributed by atoms with Crippen molar-refractivity contribution in [3.05, 3.63) is 106 Å². The van der Waals surface area contributed by atoms with Crippen LogP contribution in [-0.2, 0) is 20.4 Å². The van der Waals surface area contributed by atoms with Gasteiger partial charge in [0, 0.05) is 44.5 Å². The molecule has 0 spiro atoms. The van der Waals surface area contributed by atoms with Crippen molar-refractivity contribution < 1.29 is 39.4 Å². The van der Waals surface area contributed by atoms with Crippen LogP contribution in [0.1, 0.15) is 139 Å². The molecule has 0 radical (unpaired) electrons. The molecule has 4 aromatic carbocycles. The predicted octanol–water partition coefficient (Wildman–Crippen LogP) is 12.6. The molecule has 3 aliphatic rings. The number of nitrogens with one attached hydrogen (secondary N) is 1. The molecule has 9 rings (SSSR count). The van der Waals surface area contributed by atoms with E-state index >= 15 is 0 Å². The number of hydrogen-bond acceptors (Lipinski definition) is 10. The van der Waals surface area contributed by atoms with Crippen molar-refractivity contribution in [1.82, 2.24) is 15.3 Å². The van der Waals surface area contributed by atoms with Gasteiger partial charge in [-0.3, -0.25) is 0 Å². The van der Waals surface area contributed by atoms with E-state index in [9.17, 15) is 0 Å². The Morgan fingerprint density at radius 2 is 0.890 bits per heavy atom. The Kier molecular flexibility index (Phi) is 15.8. The Bertz CT molecular complexity index is 3180. The number of ether oxygens (including phenoxy) is 4. The first kappa shape index (κ1) is 53.5. The SMILES string of the molecule is CC(C)C(Oc1cccc2c1C1=N/C2=N\c2[n-]c(c3cccc(OC(C(C)C)C(C)C)c23)/N=C2\NC(/N=c3\[n-]c(c4cccc(OC(C(C)C)C(C)C)c34)=N1)c1cccc(OC(C(C)C)C(C)C)c12)C(C)C.[Pd+2]. The average molecular weight is 1080 g/mol. The summed E-state index contributed by atoms with van der Waals surface area (Å²) in [5, 5.41) is 6.84. The number of hydrogen-bond donors (Lipinski definition) is 1. The van der Waals surface area contributed by atoms with Crippen LogP contribution in [0.3, 0.4) is 0 Å². The molecular formula is C60H74N8O4Pd. The molecule has 3 aliphatic heterocycles. The quantitative estimate of drug-likeness (QED) is 0.0952. The van der Waals surface area contributed by atoms with Crippen LogP contribution in [-0.4, -0.2) is 41.9 Å². The summed E-state index contributed by atoms with van der Waals surface area (Å²) in [7, 11) is 0. The van der Waals surface area contributed by atoms with Crippen molar-refractivity contribution in [1.29, 1.82) is 0 Å². The molecule has 0 saturated carbocycles. The third kappa shape index (κ3) is 10.4. The molecule has 5 heterocycles. The van der Waals surface area contributed by atoms with Gasteiger partial charge in [-0.15, -0.1) is 0 Å². The van der Waals surface area contributed by atoms with Gasteiger partial charge in [-0.25, -0.2) is 4.99 Å². The molecule has 0 saturated heterocycles. The zero-order chi connectivity index (χ0) is 51.4. The summed E-state index contributed by atoms with van der Waals surface area (Å²) < 4.78 is 28.0. The van der Waals surface area contributed by atoms with Gasteiger partial charge in [0.1, 0.15) is 47.4 Å². The maximum atomic E-state index is 7.02. The number of benzene rings is 4. The average Bonchev–Trinajstić information content (AvgIpc) is 4.06. The van der Waals surface area contributed by atoms with Crippen LogP contribution in [0.15, 0.2) is 97.8 Å². The maximum absolute atomic E-state index is 7.02. The first-order valence-corrected chi connectivity index (χ1v) is 26.4. The predicted molar refractivity (Wildman–Crippen MR) is 291 cm³/mol. The molecule has 8 bridgehead atoms. The van der Waals surface area contributed by atoms with Crippen molar-refractivity contribution >= 4 is 50.7 Å². The van der Waals surface area contributed by atoms with E-state index in [0.717, 1.165) is 49.5 Å². The van der Waals surface area contributed by atoms with Crippen molar-refractivity contribution in [3.8, 4) is 23.0 Å². The van der Waals surface area contributed by atoms with Crippen LogP contribution in [0.2, 0.25) is 0 Å². The minimum absolute atomic E-state index is 0. The molecule has 73 heavy (non-hydrogen) atoms. The summed E-state index contributed by atoms with van der Waals surface area (Å²) in [5.41, 5.74) is 4.18. The Morgan fingerprint density at radius 3 is 1.44 bits per heavy atom. The molecule has 1 N–H and O–H groups in total. The number of fused-ring (bicyclic) bond motifs is 19. The molecule has 13 heteroatoms. The first-order chi connectivity index (χ1) is 34.3. The second-order valence-corrected chi connectivity index (χ2v) is 22.7. The van der Waals surface area contributed by atoms with Gasteiger partial charge in [-0.05, 0) is 87.9 Å². The maximum Gasteiger partial charge on any atom is 2.00 e. The molecule has 0 aliphatic carbocycles. The second-order valence-electron chi connectivity index (χ2n) is 22.7. The normalized spacial score (nSPS) is 17.2. The van der Waals surface area contributed by atoms with Crippen molar-refractivity contribution in [2.75, 3.05) is 0 Å². The summed E-state index contributed by atoms with van der Waals surface area (Å²) in [5.74, 6) is 7.13. The molecular weight excluding hydrogens is 1000 g/mol. The van der Waals surface area contributed by atoms with E-state index in [4.69, 9.17) is 53.9 Å². The zero-order valence-corrected chi connectivity index (χ0v) is 47.1. The van der Waals surface area contributed by atoms with Crippen LogP contribution in [0, 0.1) is 47.3 Å². The Hall–Kier alpha value is -5.77. The van der Waals surface area contributed by atoms with Gasteiger partial charge in [0.25, 0.3) is 0 Å². The molecule has 0 fully saturated rings. The minimum atomic E-state index is -0.618. The van der Waals surface area contributed by atoms with Crippen LogP contribution in [0.4, 0.5) is 11.6 Å². The molecule has 1 unspecified atom stereocenters. The smallest absolute Gasteiger partial charge is 0.489 e. The molecule has 0 amide bonds. The second kappa shape index (κ2) is 21.6. The van der Waals surface area contributed by atoms with Gasteiger partial charge in [-0.2, -0.15) is 0 Å². The summed E-state index contributed by atoms with van der Waals surface area (Å²) in [6, 6.07) is 24.3. The fourth-order valence-corrected chi connectivity index (χ4v) is 11.1. The first-order valence-electron chi connectivity index (χ1n) is 26.4. The van der Waals surface area contributed by atoms with Gasteiger partial charge < -0.3 is 54.2 Å². The van der Waals surface area contributed by atoms with Crippen LogP contribution >= 0.6 is 0 Å². The van der Waals surface area contributed by atoms with Gasteiger partial charge in [0.05, 0.1) is 29.2 Å². The van der Waals surface area contributed by atoms with E-state index in [2.05, 4.69) is 122 Å². The fraction of sp³-hybridized carbons (Fsp3) is 0.483. The minimum Gasteiger partial charge on any atom is -0.489 e. The van der Waals surface area contributed by atoms with Crippen molar-refractivity contribution in [2.24, 2.45) is 72.3 Å². The number of nitrogens with zero attached hydrogens (tertiary/aromatic N) is 7. The van der Waals surface area contributed by atoms with Crippen LogP contribution in [0.25, 0.3) is 21.5 Å². The van der Waals surface area contributed by atoms with Gasteiger partial charge in [-0.1, -0.05) is 159 Å². The largest absolute Gasteiger partial charge is 2.00 e. The monoisotopic (exact) mass is 1080 g/mol. The summed E-state index contributed by atoms with van der Waals surface area (Å²) in [6.45, 7) is 35.1. The molecule has 388 valence electrons. The van der Waals surface area contributed by atoms with E-state index in [1.54, 1.807) is 0 Å². The summed E-state index contributed by atoms with van der Waals surface area (Å²) >= 11 is 0. The molecule has 1 atom stereocenters. The Labute approximate surface area is 445 Å². The van der Waals surface area contributed by atoms with Crippen LogP contribution < -0.4 is 45.2 Å². The molecule has 2 aromatic heterocycles. The fourth-order valence-electron chi connectivity index (χ4n) is 11.1. The molecule has 12 nitrogen and oxygen atoms in total. The van der Waals surface area contributed by atoms with E-state index in [0.29, 0.717) is 57.4 Å². The van der Waals surface area contributed by atoms with Gasteiger partial charge >= 0.3 is 20.4 Å². The zero-order valence-electron chi connectivity index (χ0n) is 45.5. The van der Waals surface area contributed by atoms with E-state index in [1.165, 1.54) is 0 Å². The van der Waals surface area contributed by atoms with Gasteiger partial charge in [0.15, 0.2) is 0 Å². The Morgan fingerprint density at radius 1 is 0.425 bits per heavy atom. The number of rotatable bonds is 16. The van der Waals surface area contributed by atoms with E-state index in [-0.39, 0.29) is 92.2 Å². The Balaban J connectivity index is 0.00000711. The standard InChI is InChI=1S/C60H74N8O4.Pd/c1-29(2)49(30(3)4)69-41-25-17-21-37-45(41)57-61-53(37)66-58-47-39(23-19-27-43(47)71-51(33(9)10)34(11)12)55(63-58)68-60-48-40(24-20-28-44(48)72-52(35(13)14)36(15)16)56(64-60)67-59-46-38(54(62-59)65-57)22-18-26-42(46)70-50(31(5)6)32(7)8;/h17-36,49-53H,1-16H3,(H-,61,63,64,65,66,67,68);/q-2;+2. The van der Waals surface area contributed by atoms with Crippen LogP contribution in [0.5, 0.6) is 23.0 Å². The third-order valence-electron chi connectivity index (χ3n) is 14.2. The molecule has 6 aromatic rings. The van der Waals surface area contributed by atoms with E-state index in [1.807, 2.05) is 66.7 Å². The van der Waals surface area contributed by atoms with E-state index < -0.39 is 6.17 Å². The summed E-state index contributed by atoms with van der Waals surface area (Å²) in [6.07, 6.45) is -0.892. The van der Waals surface area contributed by atoms with Crippen molar-refractivity contribution in [3.63, 3.8) is 0 Å². The number of amidine groups is 3. The van der Waals surface area contributed by atoms with Crippen molar-refractivity contribution in [2.45, 2.75) is 141 Å². The topological polar surface area (TPSA) is 139 Å².